The van der Waals surface area contributed by atoms with Gasteiger partial charge in [0.1, 0.15) is 5.65 Å². The van der Waals surface area contributed by atoms with Gasteiger partial charge in [-0.15, -0.1) is 12.4 Å². The van der Waals surface area contributed by atoms with Crippen molar-refractivity contribution in [1.82, 2.24) is 14.3 Å². The Balaban J connectivity index is 0.00000176. The van der Waals surface area contributed by atoms with E-state index in [1.165, 1.54) is 0 Å². The van der Waals surface area contributed by atoms with Gasteiger partial charge in [-0.25, -0.2) is 4.98 Å². The summed E-state index contributed by atoms with van der Waals surface area (Å²) in [7, 11) is 0. The summed E-state index contributed by atoms with van der Waals surface area (Å²) in [5.74, 6) is 0.489. The molecule has 0 saturated carbocycles. The van der Waals surface area contributed by atoms with E-state index in [2.05, 4.69) is 16.8 Å². The lowest BCUT2D eigenvalue weighted by atomic mass is 9.95. The molecule has 0 bridgehead atoms. The zero-order valence-electron chi connectivity index (χ0n) is 13.0. The van der Waals surface area contributed by atoms with Gasteiger partial charge in [0.25, 0.3) is 5.56 Å². The Morgan fingerprint density at radius 2 is 2.18 bits per heavy atom. The molecule has 0 radical (unpaired) electrons. The second-order valence-corrected chi connectivity index (χ2v) is 6.19. The summed E-state index contributed by atoms with van der Waals surface area (Å²) >= 11 is 0. The molecule has 3 rings (SSSR count). The number of halogens is 1. The second-order valence-electron chi connectivity index (χ2n) is 6.19. The molecule has 1 saturated heterocycles. The first kappa shape index (κ1) is 16.9. The fourth-order valence-electron chi connectivity index (χ4n) is 2.96. The molecule has 0 aliphatic carbocycles. The summed E-state index contributed by atoms with van der Waals surface area (Å²) in [6.07, 6.45) is 2.84. The number of nitrogens with zero attached hydrogens (tertiary/aromatic N) is 3. The molecule has 2 N–H and O–H groups in total. The van der Waals surface area contributed by atoms with Gasteiger partial charge in [-0.1, -0.05) is 13.0 Å². The van der Waals surface area contributed by atoms with Crippen molar-refractivity contribution in [1.29, 1.82) is 0 Å². The van der Waals surface area contributed by atoms with Crippen molar-refractivity contribution in [2.75, 3.05) is 13.1 Å². The topological polar surface area (TPSA) is 63.6 Å². The van der Waals surface area contributed by atoms with Crippen molar-refractivity contribution < 1.29 is 0 Å². The van der Waals surface area contributed by atoms with E-state index < -0.39 is 0 Å². The van der Waals surface area contributed by atoms with Crippen LogP contribution < -0.4 is 11.3 Å². The van der Waals surface area contributed by atoms with Crippen molar-refractivity contribution in [2.45, 2.75) is 32.9 Å². The van der Waals surface area contributed by atoms with Crippen LogP contribution in [0, 0.1) is 12.8 Å². The van der Waals surface area contributed by atoms with E-state index in [1.54, 1.807) is 10.5 Å². The van der Waals surface area contributed by atoms with Gasteiger partial charge in [-0.3, -0.25) is 14.1 Å². The molecule has 120 valence electrons. The van der Waals surface area contributed by atoms with Gasteiger partial charge in [-0.2, -0.15) is 0 Å². The van der Waals surface area contributed by atoms with Gasteiger partial charge in [0.15, 0.2) is 0 Å². The number of fused-ring (bicyclic) bond motifs is 1. The third-order valence-electron chi connectivity index (χ3n) is 4.30. The minimum Gasteiger partial charge on any atom is -0.327 e. The van der Waals surface area contributed by atoms with Crippen LogP contribution in [0.15, 0.2) is 29.2 Å². The zero-order chi connectivity index (χ0) is 15.0. The summed E-state index contributed by atoms with van der Waals surface area (Å²) in [5.41, 5.74) is 8.64. The summed E-state index contributed by atoms with van der Waals surface area (Å²) in [5, 5.41) is 0. The molecule has 1 aliphatic heterocycles. The number of likely N-dealkylation sites (tertiary alicyclic amines) is 1. The number of hydrogen-bond acceptors (Lipinski definition) is 4. The predicted octanol–water partition coefficient (Wildman–Crippen LogP) is 1.59. The quantitative estimate of drug-likeness (QED) is 0.912. The van der Waals surface area contributed by atoms with Crippen LogP contribution in [0.2, 0.25) is 0 Å². The number of hydrogen-bond donors (Lipinski definition) is 1. The number of rotatable bonds is 2. The minimum atomic E-state index is -0.0135. The van der Waals surface area contributed by atoms with E-state index in [9.17, 15) is 4.79 Å². The predicted molar refractivity (Wildman–Crippen MR) is 90.5 cm³/mol. The molecule has 0 spiro atoms. The van der Waals surface area contributed by atoms with Crippen LogP contribution in [0.5, 0.6) is 0 Å². The minimum absolute atomic E-state index is 0. The Morgan fingerprint density at radius 3 is 2.91 bits per heavy atom. The van der Waals surface area contributed by atoms with Crippen LogP contribution in [0.1, 0.15) is 24.6 Å². The van der Waals surface area contributed by atoms with Crippen molar-refractivity contribution in [3.63, 3.8) is 0 Å². The average Bonchev–Trinajstić information content (AvgIpc) is 2.44. The number of nitrogens with two attached hydrogens (primary N) is 1. The third-order valence-corrected chi connectivity index (χ3v) is 4.30. The molecule has 0 aromatic carbocycles. The first-order valence-electron chi connectivity index (χ1n) is 7.50. The standard InChI is InChI=1S/C16H22N4O.ClH/c1-11-3-4-15-18-13(7-16(21)20(15)8-11)10-19-6-5-14(17)12(2)9-19;/h3-4,7-8,12,14H,5-6,9-10,17H2,1-2H3;1H. The summed E-state index contributed by atoms with van der Waals surface area (Å²) < 4.78 is 1.60. The largest absolute Gasteiger partial charge is 0.327 e. The molecule has 2 aromatic rings. The smallest absolute Gasteiger partial charge is 0.258 e. The van der Waals surface area contributed by atoms with Crippen molar-refractivity contribution in [2.24, 2.45) is 11.7 Å². The Kier molecular flexibility index (Phi) is 5.21. The molecule has 2 atom stereocenters. The van der Waals surface area contributed by atoms with Crippen molar-refractivity contribution in [3.8, 4) is 0 Å². The lowest BCUT2D eigenvalue weighted by molar-refractivity contribution is 0.156. The average molecular weight is 323 g/mol. The van der Waals surface area contributed by atoms with Crippen LogP contribution in [0.4, 0.5) is 0 Å². The SMILES string of the molecule is Cc1ccc2nc(CN3CCC(N)C(C)C3)cc(=O)n2c1.Cl. The Morgan fingerprint density at radius 1 is 1.41 bits per heavy atom. The van der Waals surface area contributed by atoms with Crippen LogP contribution >= 0.6 is 12.4 Å². The maximum Gasteiger partial charge on any atom is 0.258 e. The van der Waals surface area contributed by atoms with Crippen molar-refractivity contribution in [3.05, 3.63) is 46.0 Å². The lowest BCUT2D eigenvalue weighted by Gasteiger charge is -2.34. The van der Waals surface area contributed by atoms with E-state index in [1.807, 2.05) is 25.3 Å². The van der Waals surface area contributed by atoms with Crippen LogP contribution in [0.3, 0.4) is 0 Å². The molecule has 3 heterocycles. The van der Waals surface area contributed by atoms with E-state index in [0.717, 1.165) is 37.3 Å². The number of aromatic nitrogens is 2. The van der Waals surface area contributed by atoms with Crippen molar-refractivity contribution >= 4 is 18.1 Å². The zero-order valence-corrected chi connectivity index (χ0v) is 13.8. The molecular formula is C16H23ClN4O. The van der Waals surface area contributed by atoms with Gasteiger partial charge in [0.2, 0.25) is 0 Å². The van der Waals surface area contributed by atoms with Gasteiger partial charge in [-0.05, 0) is 30.9 Å². The molecule has 1 aliphatic rings. The first-order valence-corrected chi connectivity index (χ1v) is 7.50. The van der Waals surface area contributed by atoms with E-state index in [-0.39, 0.29) is 18.0 Å². The Labute approximate surface area is 136 Å². The van der Waals surface area contributed by atoms with Gasteiger partial charge in [0, 0.05) is 37.9 Å². The fourth-order valence-corrected chi connectivity index (χ4v) is 2.96. The van der Waals surface area contributed by atoms with Gasteiger partial charge in [0.05, 0.1) is 5.69 Å². The Hall–Kier alpha value is -1.43. The first-order chi connectivity index (χ1) is 10.0. The highest BCUT2D eigenvalue weighted by Crippen LogP contribution is 2.16. The molecule has 2 unspecified atom stereocenters. The highest BCUT2D eigenvalue weighted by Gasteiger charge is 2.23. The number of pyridine rings is 1. The van der Waals surface area contributed by atoms with E-state index >= 15 is 0 Å². The normalized spacial score (nSPS) is 22.5. The van der Waals surface area contributed by atoms with Gasteiger partial charge < -0.3 is 5.73 Å². The van der Waals surface area contributed by atoms with Crippen LogP contribution in [-0.2, 0) is 6.54 Å². The van der Waals surface area contributed by atoms with Crippen LogP contribution in [0.25, 0.3) is 5.65 Å². The Bertz CT molecular complexity index is 715. The molecule has 5 nitrogen and oxygen atoms in total. The van der Waals surface area contributed by atoms with E-state index in [4.69, 9.17) is 5.73 Å². The molecule has 22 heavy (non-hydrogen) atoms. The number of aryl methyl sites for hydroxylation is 1. The molecule has 0 amide bonds. The monoisotopic (exact) mass is 322 g/mol. The van der Waals surface area contributed by atoms with Gasteiger partial charge >= 0.3 is 0 Å². The summed E-state index contributed by atoms with van der Waals surface area (Å²) in [4.78, 5) is 19.1. The lowest BCUT2D eigenvalue weighted by Crippen LogP contribution is -2.45. The van der Waals surface area contributed by atoms with Crippen LogP contribution in [-0.4, -0.2) is 33.4 Å². The molecular weight excluding hydrogens is 300 g/mol. The maximum atomic E-state index is 12.2. The summed E-state index contributed by atoms with van der Waals surface area (Å²) in [6.45, 7) is 6.81. The highest BCUT2D eigenvalue weighted by atomic mass is 35.5. The third kappa shape index (κ3) is 3.48. The second kappa shape index (κ2) is 6.77. The molecule has 1 fully saturated rings. The maximum absolute atomic E-state index is 12.2. The summed E-state index contributed by atoms with van der Waals surface area (Å²) in [6, 6.07) is 5.81. The number of piperidine rings is 1. The highest BCUT2D eigenvalue weighted by molar-refractivity contribution is 5.85. The fraction of sp³-hybridized carbons (Fsp3) is 0.500. The van der Waals surface area contributed by atoms with E-state index in [0.29, 0.717) is 17.6 Å². The molecule has 2 aromatic heterocycles. The molecule has 6 heteroatoms.